The molecule has 1 saturated carbocycles. The van der Waals surface area contributed by atoms with Crippen molar-refractivity contribution in [2.75, 3.05) is 26.1 Å². The van der Waals surface area contributed by atoms with Gasteiger partial charge in [0.2, 0.25) is 28.6 Å². The summed E-state index contributed by atoms with van der Waals surface area (Å²) in [6.07, 6.45) is 2.86. The molecule has 0 heterocycles. The van der Waals surface area contributed by atoms with Crippen molar-refractivity contribution in [2.45, 2.75) is 110 Å². The molecular formula is C54H68N4O13S. The first-order valence-electron chi connectivity index (χ1n) is 24.2. The van der Waals surface area contributed by atoms with Gasteiger partial charge in [-0.05, 0) is 93.7 Å². The number of hydrogen-bond donors (Lipinski definition) is 4. The van der Waals surface area contributed by atoms with Crippen LogP contribution in [0.4, 0.5) is 4.79 Å². The van der Waals surface area contributed by atoms with E-state index in [4.69, 9.17) is 23.7 Å². The maximum atomic E-state index is 14.8. The Morgan fingerprint density at radius 2 is 1.21 bits per heavy atom. The quantitative estimate of drug-likeness (QED) is 0.0208. The number of rotatable bonds is 27. The molecule has 1 aliphatic carbocycles. The molecule has 1 unspecified atom stereocenters. The lowest BCUT2D eigenvalue weighted by molar-refractivity contribution is -0.176. The van der Waals surface area contributed by atoms with Gasteiger partial charge < -0.3 is 39.6 Å². The summed E-state index contributed by atoms with van der Waals surface area (Å²) in [5.74, 6) is -3.98. The van der Waals surface area contributed by atoms with Gasteiger partial charge in [-0.1, -0.05) is 116 Å². The van der Waals surface area contributed by atoms with Crippen LogP contribution in [0.3, 0.4) is 0 Å². The lowest BCUT2D eigenvalue weighted by atomic mass is 9.76. The van der Waals surface area contributed by atoms with Crippen LogP contribution in [0.1, 0.15) is 94.4 Å². The third-order valence-corrected chi connectivity index (χ3v) is 12.8. The largest absolute Gasteiger partial charge is 0.489 e. The Hall–Kier alpha value is -6.79. The summed E-state index contributed by atoms with van der Waals surface area (Å²) in [5, 5.41) is 8.30. The van der Waals surface area contributed by atoms with Crippen molar-refractivity contribution in [3.8, 4) is 5.75 Å². The summed E-state index contributed by atoms with van der Waals surface area (Å²) in [5.41, 5.74) is 1.17. The van der Waals surface area contributed by atoms with Crippen LogP contribution in [-0.4, -0.2) is 82.5 Å². The van der Waals surface area contributed by atoms with E-state index in [1.807, 2.05) is 103 Å². The highest BCUT2D eigenvalue weighted by molar-refractivity contribution is 7.88. The van der Waals surface area contributed by atoms with Gasteiger partial charge >= 0.3 is 24.0 Å². The fourth-order valence-electron chi connectivity index (χ4n) is 8.08. The highest BCUT2D eigenvalue weighted by Crippen LogP contribution is 2.44. The summed E-state index contributed by atoms with van der Waals surface area (Å²) in [6.45, 7) is 4.41. The molecule has 17 nitrogen and oxygen atoms in total. The highest BCUT2D eigenvalue weighted by Gasteiger charge is 2.46. The van der Waals surface area contributed by atoms with Crippen LogP contribution in [0.2, 0.25) is 0 Å². The first-order chi connectivity index (χ1) is 34.4. The number of carbonyl (C=O) groups is 6. The van der Waals surface area contributed by atoms with Gasteiger partial charge in [0, 0.05) is 19.5 Å². The molecule has 5 rings (SSSR count). The molecule has 0 aliphatic heterocycles. The number of sulfonamides is 1. The van der Waals surface area contributed by atoms with E-state index in [9.17, 15) is 37.2 Å². The molecule has 18 heteroatoms. The average molecular weight is 1010 g/mol. The summed E-state index contributed by atoms with van der Waals surface area (Å²) in [4.78, 5) is 81.2. The fourth-order valence-corrected chi connectivity index (χ4v) is 8.82. The molecule has 0 spiro atoms. The number of alkyl carbamates (subject to hydrolysis) is 1. The molecule has 388 valence electrons. The van der Waals surface area contributed by atoms with E-state index < -0.39 is 81.5 Å². The summed E-state index contributed by atoms with van der Waals surface area (Å²) in [6, 6.07) is 32.8. The molecule has 1 fully saturated rings. The van der Waals surface area contributed by atoms with Crippen LogP contribution in [0.25, 0.3) is 0 Å². The van der Waals surface area contributed by atoms with Crippen LogP contribution in [0.15, 0.2) is 115 Å². The summed E-state index contributed by atoms with van der Waals surface area (Å²) in [7, 11) is -3.90. The number of esters is 3. The van der Waals surface area contributed by atoms with E-state index in [0.29, 0.717) is 56.4 Å². The zero-order valence-corrected chi connectivity index (χ0v) is 42.3. The molecule has 4 N–H and O–H groups in total. The van der Waals surface area contributed by atoms with Crippen molar-refractivity contribution in [1.82, 2.24) is 20.7 Å². The normalized spacial score (nSPS) is 14.4. The Bertz CT molecular complexity index is 2480. The third-order valence-electron chi connectivity index (χ3n) is 12.0. The summed E-state index contributed by atoms with van der Waals surface area (Å²) >= 11 is 0. The standard InChI is InChI=1S/C54H68N4O13S/c1-53(2,3)51(63)71-38-70-48(60)43(34-56-47(59)45(58-72(4,65)66)24-14-17-31-55-52(64)69-37-42-22-12-7-13-23-42)33-54(29-15-16-30-54)50(62)57-46(49(61)68-36-41-20-10-6-11-21-41)32-39-25-27-44(28-26-39)67-35-40-18-8-5-9-19-40/h5-13,18-23,25-28,43,45-46,58H,14-17,24,29-38H2,1-4H3,(H,55,64)(H,56,59)(H,57,62)/t43?,45-,46-/m0/s1. The molecule has 0 saturated heterocycles. The van der Waals surface area contributed by atoms with Gasteiger partial charge in [0.15, 0.2) is 0 Å². The second-order valence-corrected chi connectivity index (χ2v) is 20.8. The van der Waals surface area contributed by atoms with Crippen molar-refractivity contribution >= 4 is 45.8 Å². The Morgan fingerprint density at radius 3 is 1.78 bits per heavy atom. The van der Waals surface area contributed by atoms with Gasteiger partial charge in [-0.3, -0.25) is 19.2 Å². The molecule has 1 aliphatic rings. The van der Waals surface area contributed by atoms with Crippen LogP contribution >= 0.6 is 0 Å². The predicted molar refractivity (Wildman–Crippen MR) is 268 cm³/mol. The highest BCUT2D eigenvalue weighted by atomic mass is 32.2. The SMILES string of the molecule is CC(C)(C)C(=O)OCOC(=O)C(CNC(=O)[C@H](CCCCNC(=O)OCc1ccccc1)NS(C)(=O)=O)CC1(C(=O)N[C@@H](Cc2ccc(OCc3ccccc3)cc2)C(=O)OCc2ccccc2)CCCC1. The molecule has 0 bridgehead atoms. The van der Waals surface area contributed by atoms with Crippen LogP contribution in [-0.2, 0) is 79.2 Å². The first-order valence-corrected chi connectivity index (χ1v) is 26.1. The second kappa shape index (κ2) is 27.7. The lowest BCUT2D eigenvalue weighted by Crippen LogP contribution is -2.51. The van der Waals surface area contributed by atoms with E-state index in [1.54, 1.807) is 32.9 Å². The predicted octanol–water partition coefficient (Wildman–Crippen LogP) is 6.82. The maximum absolute atomic E-state index is 14.8. The Balaban J connectivity index is 1.29. The van der Waals surface area contributed by atoms with Gasteiger partial charge in [0.1, 0.15) is 37.7 Å². The van der Waals surface area contributed by atoms with Crippen LogP contribution < -0.4 is 25.4 Å². The van der Waals surface area contributed by atoms with Crippen molar-refractivity contribution < 1.29 is 60.9 Å². The van der Waals surface area contributed by atoms with Gasteiger partial charge in [0.05, 0.1) is 23.0 Å². The Kier molecular flexibility index (Phi) is 21.6. The topological polar surface area (TPSA) is 231 Å². The van der Waals surface area contributed by atoms with Crippen LogP contribution in [0, 0.1) is 16.7 Å². The average Bonchev–Trinajstić information content (AvgIpc) is 3.85. The van der Waals surface area contributed by atoms with E-state index in [1.165, 1.54) is 0 Å². The maximum Gasteiger partial charge on any atom is 0.407 e. The van der Waals surface area contributed by atoms with E-state index in [-0.39, 0.29) is 45.6 Å². The van der Waals surface area contributed by atoms with Gasteiger partial charge in [0.25, 0.3) is 0 Å². The molecule has 72 heavy (non-hydrogen) atoms. The van der Waals surface area contributed by atoms with Crippen molar-refractivity contribution in [3.63, 3.8) is 0 Å². The Morgan fingerprint density at radius 1 is 0.639 bits per heavy atom. The number of unbranched alkanes of at least 4 members (excludes halogenated alkanes) is 1. The van der Waals surface area contributed by atoms with Crippen molar-refractivity contribution in [3.05, 3.63) is 138 Å². The Labute approximate surface area is 422 Å². The van der Waals surface area contributed by atoms with Crippen LogP contribution in [0.5, 0.6) is 5.75 Å². The zero-order chi connectivity index (χ0) is 52.0. The van der Waals surface area contributed by atoms with Gasteiger partial charge in [-0.25, -0.2) is 22.7 Å². The fraction of sp³-hybridized carbons (Fsp3) is 0.444. The first kappa shape index (κ1) is 56.1. The monoisotopic (exact) mass is 1010 g/mol. The molecule has 4 aromatic carbocycles. The molecule has 4 aromatic rings. The number of amides is 3. The van der Waals surface area contributed by atoms with E-state index in [0.717, 1.165) is 22.9 Å². The van der Waals surface area contributed by atoms with Gasteiger partial charge in [-0.15, -0.1) is 0 Å². The van der Waals surface area contributed by atoms with E-state index in [2.05, 4.69) is 20.7 Å². The molecule has 3 atom stereocenters. The summed E-state index contributed by atoms with van der Waals surface area (Å²) < 4.78 is 54.9. The molecule has 0 aromatic heterocycles. The zero-order valence-electron chi connectivity index (χ0n) is 41.5. The minimum atomic E-state index is -3.90. The number of carbonyl (C=O) groups excluding carboxylic acids is 6. The number of benzene rings is 4. The molecular weight excluding hydrogens is 945 g/mol. The van der Waals surface area contributed by atoms with Gasteiger partial charge in [-0.2, -0.15) is 0 Å². The number of nitrogens with one attached hydrogen (secondary N) is 4. The smallest absolute Gasteiger partial charge is 0.407 e. The number of ether oxygens (including phenoxy) is 5. The van der Waals surface area contributed by atoms with E-state index >= 15 is 0 Å². The molecule has 3 amide bonds. The second-order valence-electron chi connectivity index (χ2n) is 19.1. The third kappa shape index (κ3) is 19.4. The van der Waals surface area contributed by atoms with Crippen molar-refractivity contribution in [2.24, 2.45) is 16.7 Å². The minimum Gasteiger partial charge on any atom is -0.489 e. The lowest BCUT2D eigenvalue weighted by Gasteiger charge is -2.33. The van der Waals surface area contributed by atoms with Crippen molar-refractivity contribution in [1.29, 1.82) is 0 Å². The number of hydrogen-bond acceptors (Lipinski definition) is 13. The minimum absolute atomic E-state index is 0.0350. The molecule has 0 radical (unpaired) electrons.